The first-order valence-corrected chi connectivity index (χ1v) is 13.9. The number of para-hydroxylation sites is 1. The summed E-state index contributed by atoms with van der Waals surface area (Å²) in [6.45, 7) is 4.22. The molecular weight excluding hydrogens is 515 g/mol. The number of hydrogen-bond acceptors (Lipinski definition) is 6. The number of fused-ring (bicyclic) bond motifs is 1. The van der Waals surface area contributed by atoms with Crippen LogP contribution in [0.3, 0.4) is 0 Å². The van der Waals surface area contributed by atoms with Gasteiger partial charge in [0.15, 0.2) is 11.5 Å². The van der Waals surface area contributed by atoms with Crippen LogP contribution in [0.25, 0.3) is 0 Å². The van der Waals surface area contributed by atoms with Gasteiger partial charge in [-0.1, -0.05) is 24.3 Å². The normalized spacial score (nSPS) is 25.6. The number of nitrogens with one attached hydrogen (secondary N) is 3. The zero-order valence-corrected chi connectivity index (χ0v) is 23.3. The minimum absolute atomic E-state index is 0.0354. The van der Waals surface area contributed by atoms with E-state index in [4.69, 9.17) is 4.74 Å². The molecule has 1 fully saturated rings. The van der Waals surface area contributed by atoms with Gasteiger partial charge >= 0.3 is 0 Å². The highest BCUT2D eigenvalue weighted by Gasteiger charge is 2.39. The number of carbonyl (C=O) groups excluding carboxylic acids is 3. The molecule has 4 atom stereocenters. The van der Waals surface area contributed by atoms with Crippen LogP contribution in [-0.4, -0.2) is 72.1 Å². The molecule has 40 heavy (non-hydrogen) atoms. The van der Waals surface area contributed by atoms with E-state index in [1.807, 2.05) is 13.0 Å². The fraction of sp³-hybridized carbons (Fsp3) is 0.500. The Labute approximate surface area is 234 Å². The predicted octanol–water partition coefficient (Wildman–Crippen LogP) is 2.30. The monoisotopic (exact) mass is 554 g/mol. The van der Waals surface area contributed by atoms with Gasteiger partial charge in [-0.2, -0.15) is 0 Å². The molecule has 0 aromatic heterocycles. The molecule has 1 saturated carbocycles. The van der Waals surface area contributed by atoms with Gasteiger partial charge in [-0.05, 0) is 74.8 Å². The molecule has 2 aliphatic rings. The number of aromatic hydroxyl groups is 1. The molecule has 3 amide bonds. The van der Waals surface area contributed by atoms with E-state index >= 15 is 0 Å². The number of aryl methyl sites for hydroxylation is 1. The minimum atomic E-state index is -0.916. The lowest BCUT2D eigenvalue weighted by Crippen LogP contribution is -2.57. The van der Waals surface area contributed by atoms with Crippen molar-refractivity contribution in [3.63, 3.8) is 0 Å². The molecule has 10 heteroatoms. The Morgan fingerprint density at radius 2 is 1.77 bits per heavy atom. The standard InChI is InChI=1S/C30H39FN4O5/c1-18-17-33-26(21-11-12-21)30(39)35(3)19(2)28(37)34-24(16-20-9-13-23(31)14-10-20)29(38)32-15-5-7-22-6-4-8-25(36)27(22)40-18/h4,6,8-10,13-14,18-19,21,24,26,33,36H,5,7,11-12,15-17H2,1-3H3,(H,32,38)(H,34,37). The first-order valence-electron chi connectivity index (χ1n) is 13.9. The number of hydrogen-bond donors (Lipinski definition) is 4. The molecule has 216 valence electrons. The van der Waals surface area contributed by atoms with Crippen LogP contribution < -0.4 is 20.7 Å². The Morgan fingerprint density at radius 3 is 2.48 bits per heavy atom. The molecule has 0 radical (unpaired) electrons. The van der Waals surface area contributed by atoms with Crippen LogP contribution in [0, 0.1) is 11.7 Å². The number of rotatable bonds is 3. The SMILES string of the molecule is CC1CNC(C2CC2)C(=O)N(C)C(C)C(=O)NC(Cc2ccc(F)cc2)C(=O)NCCCc2cccc(O)c2O1. The number of nitrogens with zero attached hydrogens (tertiary/aromatic N) is 1. The average Bonchev–Trinajstić information content (AvgIpc) is 3.77. The van der Waals surface area contributed by atoms with Gasteiger partial charge in [0.05, 0.1) is 6.04 Å². The summed E-state index contributed by atoms with van der Waals surface area (Å²) < 4.78 is 19.6. The van der Waals surface area contributed by atoms with Gasteiger partial charge in [0.1, 0.15) is 24.0 Å². The smallest absolute Gasteiger partial charge is 0.243 e. The van der Waals surface area contributed by atoms with Crippen molar-refractivity contribution < 1.29 is 28.6 Å². The van der Waals surface area contributed by atoms with E-state index in [9.17, 15) is 23.9 Å². The Balaban J connectivity index is 1.58. The highest BCUT2D eigenvalue weighted by atomic mass is 19.1. The Bertz CT molecular complexity index is 1200. The summed E-state index contributed by atoms with van der Waals surface area (Å²) in [4.78, 5) is 41.4. The number of carbonyl (C=O) groups is 3. The quantitative estimate of drug-likeness (QED) is 0.462. The van der Waals surface area contributed by atoms with Gasteiger partial charge < -0.3 is 30.7 Å². The summed E-state index contributed by atoms with van der Waals surface area (Å²) in [5.74, 6) is -0.825. The van der Waals surface area contributed by atoms with E-state index in [0.29, 0.717) is 37.2 Å². The first-order chi connectivity index (χ1) is 19.1. The van der Waals surface area contributed by atoms with E-state index < -0.39 is 24.0 Å². The lowest BCUT2D eigenvalue weighted by molar-refractivity contribution is -0.141. The van der Waals surface area contributed by atoms with Crippen molar-refractivity contribution in [2.75, 3.05) is 20.1 Å². The molecule has 0 saturated heterocycles. The zero-order chi connectivity index (χ0) is 28.8. The van der Waals surface area contributed by atoms with Crippen LogP contribution >= 0.6 is 0 Å². The summed E-state index contributed by atoms with van der Waals surface area (Å²) in [6, 6.07) is 8.76. The molecule has 0 spiro atoms. The third-order valence-corrected chi connectivity index (χ3v) is 7.60. The first kappa shape index (κ1) is 29.3. The van der Waals surface area contributed by atoms with Crippen molar-refractivity contribution in [3.8, 4) is 11.5 Å². The molecule has 1 heterocycles. The van der Waals surface area contributed by atoms with Crippen molar-refractivity contribution in [2.24, 2.45) is 5.92 Å². The molecule has 4 rings (SSSR count). The topological polar surface area (TPSA) is 120 Å². The van der Waals surface area contributed by atoms with Crippen LogP contribution in [-0.2, 0) is 27.2 Å². The molecular formula is C30H39FN4O5. The van der Waals surface area contributed by atoms with Crippen molar-refractivity contribution in [1.82, 2.24) is 20.9 Å². The van der Waals surface area contributed by atoms with Gasteiger partial charge in [-0.25, -0.2) is 4.39 Å². The van der Waals surface area contributed by atoms with Crippen molar-refractivity contribution in [2.45, 2.75) is 70.2 Å². The molecule has 9 nitrogen and oxygen atoms in total. The van der Waals surface area contributed by atoms with Crippen LogP contribution in [0.15, 0.2) is 42.5 Å². The van der Waals surface area contributed by atoms with Crippen LogP contribution in [0.1, 0.15) is 44.2 Å². The number of likely N-dealkylation sites (N-methyl/N-ethyl adjacent to an activating group) is 1. The van der Waals surface area contributed by atoms with E-state index in [2.05, 4.69) is 16.0 Å². The van der Waals surface area contributed by atoms with Crippen LogP contribution in [0.2, 0.25) is 0 Å². The van der Waals surface area contributed by atoms with Crippen molar-refractivity contribution >= 4 is 17.7 Å². The van der Waals surface area contributed by atoms with Crippen molar-refractivity contribution in [1.29, 1.82) is 0 Å². The summed E-state index contributed by atoms with van der Waals surface area (Å²) in [5.41, 5.74) is 1.50. The number of phenols is 1. The second-order valence-corrected chi connectivity index (χ2v) is 10.8. The lowest BCUT2D eigenvalue weighted by atomic mass is 10.0. The number of ether oxygens (including phenoxy) is 1. The van der Waals surface area contributed by atoms with Gasteiger partial charge in [0.25, 0.3) is 0 Å². The lowest BCUT2D eigenvalue weighted by Gasteiger charge is -2.31. The highest BCUT2D eigenvalue weighted by Crippen LogP contribution is 2.34. The molecule has 1 aliphatic carbocycles. The van der Waals surface area contributed by atoms with Crippen molar-refractivity contribution in [3.05, 3.63) is 59.4 Å². The van der Waals surface area contributed by atoms with Gasteiger partial charge in [0.2, 0.25) is 17.7 Å². The summed E-state index contributed by atoms with van der Waals surface area (Å²) in [7, 11) is 1.59. The molecule has 0 bridgehead atoms. The van der Waals surface area contributed by atoms with E-state index in [0.717, 1.165) is 18.4 Å². The van der Waals surface area contributed by atoms with E-state index in [1.54, 1.807) is 38.2 Å². The third kappa shape index (κ3) is 7.50. The second-order valence-electron chi connectivity index (χ2n) is 10.8. The van der Waals surface area contributed by atoms with Crippen LogP contribution in [0.5, 0.6) is 11.5 Å². The third-order valence-electron chi connectivity index (χ3n) is 7.60. The van der Waals surface area contributed by atoms with Gasteiger partial charge in [-0.15, -0.1) is 0 Å². The number of halogens is 1. The zero-order valence-electron chi connectivity index (χ0n) is 23.3. The number of benzene rings is 2. The number of amides is 3. The summed E-state index contributed by atoms with van der Waals surface area (Å²) in [6.07, 6.45) is 2.78. The maximum absolute atomic E-state index is 13.5. The summed E-state index contributed by atoms with van der Waals surface area (Å²) >= 11 is 0. The fourth-order valence-corrected chi connectivity index (χ4v) is 4.88. The minimum Gasteiger partial charge on any atom is -0.504 e. The molecule has 4 unspecified atom stereocenters. The van der Waals surface area contributed by atoms with Gasteiger partial charge in [0, 0.05) is 26.6 Å². The maximum Gasteiger partial charge on any atom is 0.243 e. The summed E-state index contributed by atoms with van der Waals surface area (Å²) in [5, 5.41) is 19.5. The van der Waals surface area contributed by atoms with E-state index in [-0.39, 0.29) is 41.8 Å². The fourth-order valence-electron chi connectivity index (χ4n) is 4.88. The van der Waals surface area contributed by atoms with Crippen LogP contribution in [0.4, 0.5) is 4.39 Å². The maximum atomic E-state index is 13.5. The highest BCUT2D eigenvalue weighted by molar-refractivity contribution is 5.93. The Hall–Kier alpha value is -3.66. The Morgan fingerprint density at radius 1 is 1.05 bits per heavy atom. The number of phenolic OH excluding ortho intramolecular Hbond substituents is 1. The average molecular weight is 555 g/mol. The van der Waals surface area contributed by atoms with E-state index in [1.165, 1.54) is 17.0 Å². The predicted molar refractivity (Wildman–Crippen MR) is 148 cm³/mol. The Kier molecular flexibility index (Phi) is 9.63. The molecule has 1 aliphatic heterocycles. The molecule has 2 aromatic rings. The molecule has 2 aromatic carbocycles. The largest absolute Gasteiger partial charge is 0.504 e. The molecule has 4 N–H and O–H groups in total. The second kappa shape index (κ2) is 13.1. The van der Waals surface area contributed by atoms with Gasteiger partial charge in [-0.3, -0.25) is 14.4 Å².